The number of alkyl halides is 3. The molecule has 0 spiro atoms. The highest BCUT2D eigenvalue weighted by Gasteiger charge is 2.47. The van der Waals surface area contributed by atoms with Crippen LogP contribution in [0.4, 0.5) is 13.2 Å². The van der Waals surface area contributed by atoms with Crippen LogP contribution in [0.25, 0.3) is 10.8 Å². The lowest BCUT2D eigenvalue weighted by atomic mass is 9.90. The van der Waals surface area contributed by atoms with Gasteiger partial charge in [0.15, 0.2) is 12.0 Å². The fourth-order valence-corrected chi connectivity index (χ4v) is 6.51. The quantitative estimate of drug-likeness (QED) is 0.0611. The van der Waals surface area contributed by atoms with Crippen LogP contribution in [0.5, 0.6) is 5.75 Å². The van der Waals surface area contributed by atoms with Gasteiger partial charge in [0.05, 0.1) is 17.7 Å². The predicted molar refractivity (Wildman–Crippen MR) is 199 cm³/mol. The lowest BCUT2D eigenvalue weighted by Crippen LogP contribution is -2.42. The molecule has 288 valence electrons. The molecule has 3 atom stereocenters. The van der Waals surface area contributed by atoms with E-state index in [1.54, 1.807) is 36.4 Å². The number of esters is 3. The van der Waals surface area contributed by atoms with Crippen LogP contribution in [0.2, 0.25) is 0 Å². The van der Waals surface area contributed by atoms with E-state index in [-0.39, 0.29) is 36.1 Å². The van der Waals surface area contributed by atoms with Crippen LogP contribution in [0.15, 0.2) is 78.6 Å². The molecule has 1 aliphatic carbocycles. The van der Waals surface area contributed by atoms with Gasteiger partial charge in [-0.25, -0.2) is 9.59 Å². The Balaban J connectivity index is 1.46. The van der Waals surface area contributed by atoms with Crippen LogP contribution in [-0.2, 0) is 19.0 Å². The summed E-state index contributed by atoms with van der Waals surface area (Å²) in [4.78, 5) is 40.6. The van der Waals surface area contributed by atoms with Crippen molar-refractivity contribution in [2.75, 3.05) is 6.61 Å². The van der Waals surface area contributed by atoms with Crippen LogP contribution >= 0.6 is 0 Å². The third-order valence-electron chi connectivity index (χ3n) is 9.51. The van der Waals surface area contributed by atoms with Crippen molar-refractivity contribution in [2.45, 2.75) is 129 Å². The summed E-state index contributed by atoms with van der Waals surface area (Å²) < 4.78 is 64.8. The van der Waals surface area contributed by atoms with E-state index in [0.29, 0.717) is 24.2 Å². The van der Waals surface area contributed by atoms with Gasteiger partial charge in [0.1, 0.15) is 17.6 Å². The fraction of sp³-hybridized carbons (Fsp3) is 0.512. The summed E-state index contributed by atoms with van der Waals surface area (Å²) in [5, 5.41) is 1.41. The second-order valence-corrected chi connectivity index (χ2v) is 13.7. The summed E-state index contributed by atoms with van der Waals surface area (Å²) in [5.74, 6) is -4.09. The minimum Gasteiger partial charge on any atom is -0.494 e. The molecule has 0 saturated heterocycles. The molecule has 0 aliphatic heterocycles. The second kappa shape index (κ2) is 21.4. The van der Waals surface area contributed by atoms with E-state index < -0.39 is 48.6 Å². The van der Waals surface area contributed by atoms with Gasteiger partial charge in [-0.15, -0.1) is 0 Å². The highest BCUT2D eigenvalue weighted by Crippen LogP contribution is 2.35. The van der Waals surface area contributed by atoms with Crippen LogP contribution in [-0.4, -0.2) is 42.9 Å². The Morgan fingerprint density at radius 2 is 1.40 bits per heavy atom. The molecule has 0 radical (unpaired) electrons. The molecule has 2 unspecified atom stereocenters. The van der Waals surface area contributed by atoms with Gasteiger partial charge in [0.25, 0.3) is 0 Å². The van der Waals surface area contributed by atoms with Gasteiger partial charge >= 0.3 is 24.1 Å². The van der Waals surface area contributed by atoms with Crippen molar-refractivity contribution in [3.8, 4) is 5.75 Å². The van der Waals surface area contributed by atoms with Gasteiger partial charge in [-0.1, -0.05) is 114 Å². The van der Waals surface area contributed by atoms with Crippen molar-refractivity contribution in [2.24, 2.45) is 5.92 Å². The molecule has 53 heavy (non-hydrogen) atoms. The second-order valence-electron chi connectivity index (χ2n) is 13.7. The highest BCUT2D eigenvalue weighted by atomic mass is 19.4. The van der Waals surface area contributed by atoms with E-state index in [9.17, 15) is 27.6 Å². The van der Waals surface area contributed by atoms with Crippen molar-refractivity contribution in [1.29, 1.82) is 0 Å². The van der Waals surface area contributed by atoms with Gasteiger partial charge in [-0.3, -0.25) is 4.79 Å². The number of fused-ring (bicyclic) bond motifs is 1. The minimum absolute atomic E-state index is 0.107. The zero-order valence-electron chi connectivity index (χ0n) is 31.0. The number of allylic oxidation sites excluding steroid dienone is 1. The largest absolute Gasteiger partial charge is 0.494 e. The van der Waals surface area contributed by atoms with E-state index in [4.69, 9.17) is 18.9 Å². The standard InChI is InChI=1S/C43H53F3O7/c1-3-5-7-9-10-11-12-16-30-50-33-28-26-32(27-29-33)40(47)51-36-23-18-24-37(52-41(48)35-22-17-20-31-19-14-15-21-34(31)35)39(36)42(49)53-38(43(44,45)46)25-13-8-6-4-2/h14-15,17,19-23,26-29,37-39H,3-13,16,18,24-25,30H2,1-2H3/t37?,38-,39?/m1/s1. The van der Waals surface area contributed by atoms with Crippen LogP contribution in [0.3, 0.4) is 0 Å². The van der Waals surface area contributed by atoms with Crippen molar-refractivity contribution in [1.82, 2.24) is 0 Å². The smallest absolute Gasteiger partial charge is 0.425 e. The van der Waals surface area contributed by atoms with Crippen molar-refractivity contribution in [3.63, 3.8) is 0 Å². The first-order chi connectivity index (χ1) is 25.6. The lowest BCUT2D eigenvalue weighted by Gasteiger charge is -2.31. The molecule has 7 nitrogen and oxygen atoms in total. The van der Waals surface area contributed by atoms with E-state index in [1.165, 1.54) is 56.7 Å². The molecule has 10 heteroatoms. The minimum atomic E-state index is -4.82. The molecule has 0 saturated carbocycles. The molecule has 0 N–H and O–H groups in total. The molecule has 0 heterocycles. The Morgan fingerprint density at radius 3 is 2.09 bits per heavy atom. The molecule has 3 aromatic carbocycles. The van der Waals surface area contributed by atoms with Gasteiger partial charge in [0.2, 0.25) is 0 Å². The number of halogens is 3. The van der Waals surface area contributed by atoms with Gasteiger partial charge in [-0.2, -0.15) is 13.2 Å². The topological polar surface area (TPSA) is 88.1 Å². The first-order valence-corrected chi connectivity index (χ1v) is 19.2. The maximum Gasteiger partial charge on any atom is 0.425 e. The Labute approximate surface area is 311 Å². The Kier molecular flexibility index (Phi) is 16.7. The first kappa shape index (κ1) is 41.4. The Morgan fingerprint density at radius 1 is 0.755 bits per heavy atom. The Hall–Kier alpha value is -4.34. The predicted octanol–water partition coefficient (Wildman–Crippen LogP) is 11.5. The van der Waals surface area contributed by atoms with E-state index in [0.717, 1.165) is 31.1 Å². The molecule has 0 aromatic heterocycles. The zero-order valence-corrected chi connectivity index (χ0v) is 31.0. The summed E-state index contributed by atoms with van der Waals surface area (Å²) in [6.45, 7) is 4.70. The number of benzene rings is 3. The lowest BCUT2D eigenvalue weighted by molar-refractivity contribution is -0.226. The molecule has 0 amide bonds. The zero-order chi connectivity index (χ0) is 38.1. The van der Waals surface area contributed by atoms with E-state index >= 15 is 0 Å². The SMILES string of the molecule is CCCCCCCCCCOc1ccc(C(=O)OC2=CCCC(OC(=O)c3cccc4ccccc34)C2C(=O)O[C@H](CCCCCC)C(F)(F)F)cc1. The Bertz CT molecular complexity index is 1630. The average Bonchev–Trinajstić information content (AvgIpc) is 3.15. The van der Waals surface area contributed by atoms with Crippen LogP contribution < -0.4 is 4.74 Å². The summed E-state index contributed by atoms with van der Waals surface area (Å²) in [5.41, 5.74) is 0.383. The number of unbranched alkanes of at least 4 members (excludes halogenated alkanes) is 10. The van der Waals surface area contributed by atoms with Gasteiger partial charge in [-0.05, 0) is 79.3 Å². The molecule has 0 bridgehead atoms. The monoisotopic (exact) mass is 738 g/mol. The van der Waals surface area contributed by atoms with Crippen LogP contribution in [0.1, 0.15) is 131 Å². The summed E-state index contributed by atoms with van der Waals surface area (Å²) in [6, 6.07) is 18.6. The maximum absolute atomic E-state index is 14.1. The number of carbonyl (C=O) groups is 3. The fourth-order valence-electron chi connectivity index (χ4n) is 6.51. The van der Waals surface area contributed by atoms with Crippen LogP contribution in [0, 0.1) is 5.92 Å². The number of rotatable bonds is 21. The molecule has 1 aliphatic rings. The molecular weight excluding hydrogens is 685 g/mol. The normalized spacial score (nSPS) is 16.4. The summed E-state index contributed by atoms with van der Waals surface area (Å²) in [7, 11) is 0. The third kappa shape index (κ3) is 12.9. The van der Waals surface area contributed by atoms with Crippen molar-refractivity contribution < 1.29 is 46.5 Å². The molecule has 4 rings (SSSR count). The first-order valence-electron chi connectivity index (χ1n) is 19.2. The summed E-state index contributed by atoms with van der Waals surface area (Å²) in [6.07, 6.45) is 4.78. The molecule has 3 aromatic rings. The number of carbonyl (C=O) groups excluding carboxylic acids is 3. The van der Waals surface area contributed by atoms with Gasteiger partial charge < -0.3 is 18.9 Å². The maximum atomic E-state index is 14.1. The summed E-state index contributed by atoms with van der Waals surface area (Å²) >= 11 is 0. The molecule has 0 fully saturated rings. The van der Waals surface area contributed by atoms with E-state index in [2.05, 4.69) is 6.92 Å². The average molecular weight is 739 g/mol. The number of hydrogen-bond donors (Lipinski definition) is 0. The molecular formula is C43H53F3O7. The van der Waals surface area contributed by atoms with Crippen molar-refractivity contribution >= 4 is 28.7 Å². The highest BCUT2D eigenvalue weighted by molar-refractivity contribution is 6.04. The number of hydrogen-bond acceptors (Lipinski definition) is 7. The third-order valence-corrected chi connectivity index (χ3v) is 9.51. The van der Waals surface area contributed by atoms with Gasteiger partial charge in [0, 0.05) is 0 Å². The van der Waals surface area contributed by atoms with Crippen molar-refractivity contribution in [3.05, 3.63) is 89.7 Å². The van der Waals surface area contributed by atoms with E-state index in [1.807, 2.05) is 25.1 Å². The number of ether oxygens (including phenoxy) is 4.